The maximum Gasteiger partial charge on any atom is 0.416 e. The van der Waals surface area contributed by atoms with E-state index in [-0.39, 0.29) is 4.88 Å². The largest absolute Gasteiger partial charge is 0.416 e. The van der Waals surface area contributed by atoms with Gasteiger partial charge in [0.15, 0.2) is 11.8 Å². The van der Waals surface area contributed by atoms with Crippen LogP contribution in [0, 0.1) is 0 Å². The van der Waals surface area contributed by atoms with Crippen LogP contribution in [0.2, 0.25) is 0 Å². The summed E-state index contributed by atoms with van der Waals surface area (Å²) in [6.45, 7) is -0.912. The van der Waals surface area contributed by atoms with Gasteiger partial charge in [-0.05, 0) is 17.0 Å². The van der Waals surface area contributed by atoms with Crippen LogP contribution in [0.5, 0.6) is 0 Å². The molecule has 4 aromatic rings. The minimum absolute atomic E-state index is 0.214. The Bertz CT molecular complexity index is 1210. The Hall–Kier alpha value is -3.25. The number of aliphatic hydroxyl groups excluding tert-OH is 1. The van der Waals surface area contributed by atoms with Gasteiger partial charge in [0.1, 0.15) is 0 Å². The predicted molar refractivity (Wildman–Crippen MR) is 103 cm³/mol. The van der Waals surface area contributed by atoms with Crippen LogP contribution in [0.3, 0.4) is 0 Å². The summed E-state index contributed by atoms with van der Waals surface area (Å²) in [5.74, 6) is -0.696. The Morgan fingerprint density at radius 1 is 1.20 bits per heavy atom. The summed E-state index contributed by atoms with van der Waals surface area (Å²) in [6.07, 6.45) is 1.27. The fourth-order valence-corrected chi connectivity index (χ4v) is 3.61. The van der Waals surface area contributed by atoms with E-state index in [1.807, 2.05) is 13.2 Å². The zero-order chi connectivity index (χ0) is 21.5. The molecule has 156 valence electrons. The summed E-state index contributed by atoms with van der Waals surface area (Å²) >= 11 is 1.08. The third-order valence-electron chi connectivity index (χ3n) is 4.36. The van der Waals surface area contributed by atoms with E-state index in [4.69, 9.17) is 5.11 Å². The Kier molecular flexibility index (Phi) is 5.03. The summed E-state index contributed by atoms with van der Waals surface area (Å²) in [6, 6.07) is 1.55. The molecule has 4 heterocycles. The summed E-state index contributed by atoms with van der Waals surface area (Å²) in [7, 11) is 1.82. The Morgan fingerprint density at radius 2 is 1.97 bits per heavy atom. The fraction of sp³-hybridized carbons (Fsp3) is 0.222. The number of hydrogen-bond donors (Lipinski definition) is 2. The molecule has 0 aliphatic carbocycles. The molecule has 1 atom stereocenters. The fourth-order valence-electron chi connectivity index (χ4n) is 2.79. The van der Waals surface area contributed by atoms with Gasteiger partial charge in [0.05, 0.1) is 23.8 Å². The summed E-state index contributed by atoms with van der Waals surface area (Å²) < 4.78 is 40.4. The van der Waals surface area contributed by atoms with Gasteiger partial charge in [-0.2, -0.15) is 23.4 Å². The highest BCUT2D eigenvalue weighted by Gasteiger charge is 2.38. The highest BCUT2D eigenvalue weighted by molar-refractivity contribution is 7.12. The minimum Gasteiger partial charge on any atom is -0.382 e. The first-order valence-electron chi connectivity index (χ1n) is 8.66. The number of carbonyl (C=O) groups excluding carboxylic acids is 1. The zero-order valence-electron chi connectivity index (χ0n) is 15.5. The zero-order valence-corrected chi connectivity index (χ0v) is 16.3. The average molecular weight is 436 g/mol. The van der Waals surface area contributed by atoms with E-state index in [1.165, 1.54) is 0 Å². The van der Waals surface area contributed by atoms with Crippen LogP contribution in [0.15, 0.2) is 42.4 Å². The number of nitrogens with one attached hydrogen (secondary N) is 1. The van der Waals surface area contributed by atoms with Gasteiger partial charge in [-0.25, -0.2) is 9.50 Å². The lowest BCUT2D eigenvalue weighted by Crippen LogP contribution is -2.40. The second-order valence-electron chi connectivity index (χ2n) is 6.54. The number of carbonyl (C=O) groups is 1. The minimum atomic E-state index is -4.79. The molecule has 0 aliphatic heterocycles. The summed E-state index contributed by atoms with van der Waals surface area (Å²) in [5.41, 5.74) is 3.63. The molecule has 30 heavy (non-hydrogen) atoms. The molecule has 12 heteroatoms. The van der Waals surface area contributed by atoms with Crippen LogP contribution < -0.4 is 5.32 Å². The lowest BCUT2D eigenvalue weighted by Gasteiger charge is -2.14. The van der Waals surface area contributed by atoms with Crippen LogP contribution >= 0.6 is 11.3 Å². The smallest absolute Gasteiger partial charge is 0.382 e. The molecule has 0 radical (unpaired) electrons. The summed E-state index contributed by atoms with van der Waals surface area (Å²) in [4.78, 5) is 16.8. The van der Waals surface area contributed by atoms with Crippen molar-refractivity contribution in [1.29, 1.82) is 0 Å². The molecule has 1 unspecified atom stereocenters. The number of amides is 1. The second kappa shape index (κ2) is 7.54. The number of aliphatic hydroxyl groups is 1. The van der Waals surface area contributed by atoms with E-state index in [0.29, 0.717) is 16.8 Å². The lowest BCUT2D eigenvalue weighted by atomic mass is 10.1. The van der Waals surface area contributed by atoms with Gasteiger partial charge in [0.2, 0.25) is 0 Å². The highest BCUT2D eigenvalue weighted by Crippen LogP contribution is 2.29. The number of thiophene rings is 1. The topological polar surface area (TPSA) is 97.3 Å². The standard InChI is InChI=1S/C18H15F3N6O2S/c1-26-7-12(4-24-26)11-3-22-16-13(5-25-27(16)8-11)10-2-14(30-9-10)17(29)23-6-15(28)18(19,20)21/h2-5,7-9,15,28H,6H2,1H3,(H,23,29). The Balaban J connectivity index is 1.54. The van der Waals surface area contributed by atoms with Crippen LogP contribution in [0.1, 0.15) is 9.67 Å². The number of fused-ring (bicyclic) bond motifs is 1. The third-order valence-corrected chi connectivity index (χ3v) is 5.29. The van der Waals surface area contributed by atoms with Crippen molar-refractivity contribution in [2.75, 3.05) is 6.54 Å². The van der Waals surface area contributed by atoms with Gasteiger partial charge in [-0.3, -0.25) is 9.48 Å². The van der Waals surface area contributed by atoms with Gasteiger partial charge in [0.25, 0.3) is 5.91 Å². The Labute approximate surface area is 171 Å². The van der Waals surface area contributed by atoms with Crippen molar-refractivity contribution in [3.05, 3.63) is 47.3 Å². The third kappa shape index (κ3) is 3.91. The van der Waals surface area contributed by atoms with Crippen molar-refractivity contribution in [3.8, 4) is 22.3 Å². The number of rotatable bonds is 5. The molecular formula is C18H15F3N6O2S. The average Bonchev–Trinajstić information content (AvgIpc) is 3.43. The van der Waals surface area contributed by atoms with Crippen molar-refractivity contribution in [2.24, 2.45) is 7.05 Å². The van der Waals surface area contributed by atoms with Crippen molar-refractivity contribution < 1.29 is 23.1 Å². The van der Waals surface area contributed by atoms with E-state index in [2.05, 4.69) is 20.5 Å². The number of nitrogens with zero attached hydrogens (tertiary/aromatic N) is 5. The van der Waals surface area contributed by atoms with Crippen molar-refractivity contribution in [3.63, 3.8) is 0 Å². The first-order valence-corrected chi connectivity index (χ1v) is 9.54. The normalized spacial score (nSPS) is 13.0. The predicted octanol–water partition coefficient (Wildman–Crippen LogP) is 2.51. The van der Waals surface area contributed by atoms with Crippen molar-refractivity contribution in [2.45, 2.75) is 12.3 Å². The molecule has 4 rings (SSSR count). The van der Waals surface area contributed by atoms with Gasteiger partial charge in [-0.15, -0.1) is 11.3 Å². The quantitative estimate of drug-likeness (QED) is 0.501. The number of aromatic nitrogens is 5. The number of aryl methyl sites for hydroxylation is 1. The molecule has 0 saturated carbocycles. The van der Waals surface area contributed by atoms with E-state index in [1.54, 1.807) is 45.4 Å². The lowest BCUT2D eigenvalue weighted by molar-refractivity contribution is -0.201. The molecule has 1 amide bonds. The molecular weight excluding hydrogens is 421 g/mol. The molecule has 2 N–H and O–H groups in total. The molecule has 0 bridgehead atoms. The monoisotopic (exact) mass is 436 g/mol. The molecule has 0 fully saturated rings. The molecule has 0 aliphatic rings. The molecule has 0 aromatic carbocycles. The summed E-state index contributed by atoms with van der Waals surface area (Å²) in [5, 5.41) is 21.2. The highest BCUT2D eigenvalue weighted by atomic mass is 32.1. The molecule has 4 aromatic heterocycles. The van der Waals surface area contributed by atoms with E-state index < -0.39 is 24.7 Å². The van der Waals surface area contributed by atoms with E-state index in [0.717, 1.165) is 22.5 Å². The molecule has 0 spiro atoms. The molecule has 8 nitrogen and oxygen atoms in total. The SMILES string of the molecule is Cn1cc(-c2cnc3c(-c4csc(C(=O)NCC(O)C(F)(F)F)c4)cnn3c2)cn1. The first kappa shape index (κ1) is 20.0. The van der Waals surface area contributed by atoms with Crippen LogP contribution in [0.25, 0.3) is 27.9 Å². The number of halogens is 3. The van der Waals surface area contributed by atoms with Crippen LogP contribution in [-0.2, 0) is 7.05 Å². The van der Waals surface area contributed by atoms with Crippen LogP contribution in [-0.4, -0.2) is 54.2 Å². The number of hydrogen-bond acceptors (Lipinski definition) is 6. The van der Waals surface area contributed by atoms with Gasteiger partial charge in [-0.1, -0.05) is 0 Å². The first-order chi connectivity index (χ1) is 14.2. The second-order valence-corrected chi connectivity index (χ2v) is 7.45. The maximum atomic E-state index is 12.4. The maximum absolute atomic E-state index is 12.4. The van der Waals surface area contributed by atoms with Crippen molar-refractivity contribution >= 4 is 22.9 Å². The Morgan fingerprint density at radius 3 is 2.67 bits per heavy atom. The van der Waals surface area contributed by atoms with Gasteiger partial charge >= 0.3 is 6.18 Å². The van der Waals surface area contributed by atoms with E-state index >= 15 is 0 Å². The number of alkyl halides is 3. The van der Waals surface area contributed by atoms with Crippen LogP contribution in [0.4, 0.5) is 13.2 Å². The van der Waals surface area contributed by atoms with E-state index in [9.17, 15) is 18.0 Å². The molecule has 0 saturated heterocycles. The van der Waals surface area contributed by atoms with Gasteiger partial charge in [0, 0.05) is 42.3 Å². The van der Waals surface area contributed by atoms with Gasteiger partial charge < -0.3 is 10.4 Å². The van der Waals surface area contributed by atoms with Crippen molar-refractivity contribution in [1.82, 2.24) is 29.7 Å².